The maximum atomic E-state index is 11.8. The van der Waals surface area contributed by atoms with Crippen LogP contribution in [0.1, 0.15) is 54.9 Å². The molecular weight excluding hydrogens is 304 g/mol. The van der Waals surface area contributed by atoms with Crippen molar-refractivity contribution in [1.82, 2.24) is 0 Å². The highest BCUT2D eigenvalue weighted by molar-refractivity contribution is 5.75. The quantitative estimate of drug-likeness (QED) is 0.193. The average molecular weight is 336 g/mol. The lowest BCUT2D eigenvalue weighted by Gasteiger charge is -2.30. The first kappa shape index (κ1) is 22.3. The second-order valence-corrected chi connectivity index (χ2v) is 6.76. The Balaban J connectivity index is 4.07. The second-order valence-electron chi connectivity index (χ2n) is 6.76. The van der Waals surface area contributed by atoms with Crippen LogP contribution in [-0.2, 0) is 28.8 Å². The van der Waals surface area contributed by atoms with E-state index in [4.69, 9.17) is 29.1 Å². The van der Waals surface area contributed by atoms with Crippen LogP contribution in [0.15, 0.2) is 0 Å². The first-order valence-corrected chi connectivity index (χ1v) is 7.88. The molecule has 1 N–H and O–H groups in total. The molecule has 0 saturated heterocycles. The maximum Gasteiger partial charge on any atom is 0.311 e. The van der Waals surface area contributed by atoms with Crippen LogP contribution in [0.25, 0.3) is 0 Å². The van der Waals surface area contributed by atoms with Crippen molar-refractivity contribution in [3.63, 3.8) is 0 Å². The van der Waals surface area contributed by atoms with Gasteiger partial charge in [-0.05, 0) is 48.0 Å². The number of esters is 1. The highest BCUT2D eigenvalue weighted by Crippen LogP contribution is 2.22. The Bertz CT molecular complexity index is 350. The molecule has 0 atom stereocenters. The third-order valence-electron chi connectivity index (χ3n) is 3.19. The van der Waals surface area contributed by atoms with Gasteiger partial charge in [-0.1, -0.05) is 6.92 Å². The first-order valence-electron chi connectivity index (χ1n) is 7.88. The van der Waals surface area contributed by atoms with Crippen LogP contribution in [0.2, 0.25) is 0 Å². The first-order chi connectivity index (χ1) is 10.5. The molecule has 0 radical (unpaired) electrons. The lowest BCUT2D eigenvalue weighted by Crippen LogP contribution is -2.37. The largest absolute Gasteiger partial charge is 0.463 e. The summed E-state index contributed by atoms with van der Waals surface area (Å²) in [5, 5.41) is 8.73. The fraction of sp³-hybridized carbons (Fsp3) is 0.938. The van der Waals surface area contributed by atoms with Crippen LogP contribution in [0, 0.1) is 5.41 Å². The van der Waals surface area contributed by atoms with Gasteiger partial charge in [0.05, 0.1) is 25.2 Å². The molecule has 0 unspecified atom stereocenters. The average Bonchev–Trinajstić information content (AvgIpc) is 2.47. The lowest BCUT2D eigenvalue weighted by molar-refractivity contribution is -0.490. The molecule has 0 aromatic rings. The summed E-state index contributed by atoms with van der Waals surface area (Å²) in [5.74, 6) is -2.30. The Labute approximate surface area is 139 Å². The van der Waals surface area contributed by atoms with E-state index in [2.05, 4.69) is 0 Å². The summed E-state index contributed by atoms with van der Waals surface area (Å²) in [7, 11) is 0. The van der Waals surface area contributed by atoms with E-state index >= 15 is 0 Å². The van der Waals surface area contributed by atoms with Crippen molar-refractivity contribution in [2.45, 2.75) is 66.5 Å². The Morgan fingerprint density at radius 3 is 1.78 bits per heavy atom. The van der Waals surface area contributed by atoms with Crippen LogP contribution in [0.3, 0.4) is 0 Å². The Kier molecular flexibility index (Phi) is 9.24. The molecule has 0 aliphatic heterocycles. The number of rotatable bonds is 12. The van der Waals surface area contributed by atoms with Crippen molar-refractivity contribution in [1.29, 1.82) is 0 Å². The topological polar surface area (TPSA) is 83.5 Å². The summed E-state index contributed by atoms with van der Waals surface area (Å²) < 4.78 is 15.9. The predicted octanol–water partition coefficient (Wildman–Crippen LogP) is 2.41. The third-order valence-corrected chi connectivity index (χ3v) is 3.19. The van der Waals surface area contributed by atoms with Crippen molar-refractivity contribution in [3.05, 3.63) is 0 Å². The molecule has 0 aliphatic carbocycles. The van der Waals surface area contributed by atoms with Crippen molar-refractivity contribution in [2.75, 3.05) is 26.4 Å². The van der Waals surface area contributed by atoms with E-state index in [0.29, 0.717) is 6.42 Å². The van der Waals surface area contributed by atoms with Gasteiger partial charge in [0, 0.05) is 0 Å². The predicted molar refractivity (Wildman–Crippen MR) is 84.3 cm³/mol. The molecule has 23 heavy (non-hydrogen) atoms. The van der Waals surface area contributed by atoms with Crippen molar-refractivity contribution < 1.29 is 33.9 Å². The van der Waals surface area contributed by atoms with Gasteiger partial charge >= 0.3 is 5.97 Å². The van der Waals surface area contributed by atoms with E-state index in [1.54, 1.807) is 27.7 Å². The van der Waals surface area contributed by atoms with Gasteiger partial charge in [0.1, 0.15) is 6.61 Å². The molecule has 0 aromatic heterocycles. The molecule has 0 aromatic carbocycles. The summed E-state index contributed by atoms with van der Waals surface area (Å²) in [5.41, 5.74) is -0.497. The van der Waals surface area contributed by atoms with Crippen molar-refractivity contribution in [3.8, 4) is 0 Å². The van der Waals surface area contributed by atoms with E-state index in [-0.39, 0.29) is 32.4 Å². The zero-order chi connectivity index (χ0) is 18.1. The summed E-state index contributed by atoms with van der Waals surface area (Å²) in [6.45, 7) is 12.6. The minimum absolute atomic E-state index is 0.105. The van der Waals surface area contributed by atoms with E-state index in [1.807, 2.05) is 20.8 Å². The molecule has 0 amide bonds. The van der Waals surface area contributed by atoms with Gasteiger partial charge in [-0.3, -0.25) is 4.79 Å². The number of carbonyl (C=O) groups is 1. The molecule has 0 bridgehead atoms. The number of aliphatic hydroxyl groups excluding tert-OH is 1. The smallest absolute Gasteiger partial charge is 0.311 e. The Hall–Kier alpha value is -0.730. The van der Waals surface area contributed by atoms with Crippen LogP contribution in [0.4, 0.5) is 0 Å². The summed E-state index contributed by atoms with van der Waals surface area (Å²) >= 11 is 0. The van der Waals surface area contributed by atoms with Gasteiger partial charge in [-0.15, -0.1) is 0 Å². The number of aliphatic hydroxyl groups is 1. The fourth-order valence-electron chi connectivity index (χ4n) is 1.30. The number of ether oxygens (including phenoxy) is 3. The van der Waals surface area contributed by atoms with Crippen LogP contribution < -0.4 is 0 Å². The highest BCUT2D eigenvalue weighted by Gasteiger charge is 2.29. The molecule has 0 heterocycles. The molecule has 0 spiro atoms. The summed E-state index contributed by atoms with van der Waals surface area (Å²) in [6, 6.07) is 0. The van der Waals surface area contributed by atoms with Crippen LogP contribution >= 0.6 is 0 Å². The summed E-state index contributed by atoms with van der Waals surface area (Å²) in [4.78, 5) is 22.2. The zero-order valence-corrected chi connectivity index (χ0v) is 15.4. The molecule has 0 aliphatic rings. The third kappa shape index (κ3) is 9.88. The molecule has 0 saturated carbocycles. The minimum atomic E-state index is -1.04. The Morgan fingerprint density at radius 2 is 1.35 bits per heavy atom. The second kappa shape index (κ2) is 9.54. The molecule has 0 rings (SSSR count). The standard InChI is InChI=1S/C16H32O7/c1-8-14(2,3)13(18)19-11-12-21-16(6,7)23-22-15(4,5)20-10-9-17/h17H,8-12H2,1-7H3. The maximum absolute atomic E-state index is 11.8. The van der Waals surface area contributed by atoms with E-state index in [1.165, 1.54) is 0 Å². The molecule has 0 fully saturated rings. The SMILES string of the molecule is CCC(C)(C)C(=O)OCCOC(C)(C)OOC(C)(C)OCCO. The molecule has 7 heteroatoms. The zero-order valence-electron chi connectivity index (χ0n) is 15.4. The van der Waals surface area contributed by atoms with Gasteiger partial charge in [-0.25, -0.2) is 0 Å². The van der Waals surface area contributed by atoms with Crippen molar-refractivity contribution >= 4 is 5.97 Å². The Morgan fingerprint density at radius 1 is 0.870 bits per heavy atom. The van der Waals surface area contributed by atoms with E-state index in [9.17, 15) is 4.79 Å². The monoisotopic (exact) mass is 336 g/mol. The minimum Gasteiger partial charge on any atom is -0.463 e. The molecular formula is C16H32O7. The van der Waals surface area contributed by atoms with E-state index < -0.39 is 17.0 Å². The highest BCUT2D eigenvalue weighted by atomic mass is 17.3. The fourth-order valence-corrected chi connectivity index (χ4v) is 1.30. The number of hydrogen-bond donors (Lipinski definition) is 1. The summed E-state index contributed by atoms with van der Waals surface area (Å²) in [6.07, 6.45) is 0.706. The molecule has 7 nitrogen and oxygen atoms in total. The van der Waals surface area contributed by atoms with Gasteiger partial charge in [-0.2, -0.15) is 9.78 Å². The molecule has 138 valence electrons. The lowest BCUT2D eigenvalue weighted by atomic mass is 9.91. The van der Waals surface area contributed by atoms with Gasteiger partial charge < -0.3 is 19.3 Å². The van der Waals surface area contributed by atoms with Crippen LogP contribution in [-0.4, -0.2) is 49.1 Å². The number of hydrogen-bond acceptors (Lipinski definition) is 7. The van der Waals surface area contributed by atoms with Gasteiger partial charge in [0.2, 0.25) is 0 Å². The van der Waals surface area contributed by atoms with E-state index in [0.717, 1.165) is 0 Å². The van der Waals surface area contributed by atoms with Gasteiger partial charge in [0.25, 0.3) is 0 Å². The van der Waals surface area contributed by atoms with Gasteiger partial charge in [0.15, 0.2) is 11.6 Å². The normalized spacial score (nSPS) is 13.2. The number of carbonyl (C=O) groups excluding carboxylic acids is 1. The van der Waals surface area contributed by atoms with Crippen LogP contribution in [0.5, 0.6) is 0 Å². The van der Waals surface area contributed by atoms with Crippen molar-refractivity contribution in [2.24, 2.45) is 5.41 Å².